The summed E-state index contributed by atoms with van der Waals surface area (Å²) in [6, 6.07) is 2.32. The van der Waals surface area contributed by atoms with Crippen molar-refractivity contribution >= 4 is 28.3 Å². The number of piperazine rings is 1. The summed E-state index contributed by atoms with van der Waals surface area (Å²) >= 11 is 0. The van der Waals surface area contributed by atoms with Crippen LogP contribution in [-0.4, -0.2) is 56.3 Å². The highest BCUT2D eigenvalue weighted by Crippen LogP contribution is 2.21. The summed E-state index contributed by atoms with van der Waals surface area (Å²) in [6.45, 7) is 0.339. The lowest BCUT2D eigenvalue weighted by Gasteiger charge is -2.33. The van der Waals surface area contributed by atoms with E-state index in [4.69, 9.17) is 5.73 Å². The molecule has 1 aliphatic heterocycles. The fourth-order valence-electron chi connectivity index (χ4n) is 2.13. The fraction of sp³-hybridized carbons (Fsp3) is 0.417. The molecule has 6 nitrogen and oxygen atoms in total. The molecule has 124 valence electrons. The third-order valence-corrected chi connectivity index (χ3v) is 5.21. The molecule has 0 aliphatic carbocycles. The Balaban J connectivity index is 0.00000242. The standard InChI is InChI=1S/C12H15F2N3O3S.ClH/c13-9-1-2-11(10(14)7-9)21(19,20)17-5-3-16(4-6-17)12(18)8-15;/h1-2,7H,3-6,8,15H2;1H. The summed E-state index contributed by atoms with van der Waals surface area (Å²) in [4.78, 5) is 12.3. The Bertz CT molecular complexity index is 649. The molecule has 1 fully saturated rings. The van der Waals surface area contributed by atoms with Gasteiger partial charge in [0, 0.05) is 32.2 Å². The average Bonchev–Trinajstić information content (AvgIpc) is 2.46. The van der Waals surface area contributed by atoms with E-state index >= 15 is 0 Å². The average molecular weight is 356 g/mol. The van der Waals surface area contributed by atoms with Crippen LogP contribution in [0.1, 0.15) is 0 Å². The van der Waals surface area contributed by atoms with E-state index in [0.29, 0.717) is 6.07 Å². The first-order valence-electron chi connectivity index (χ1n) is 6.29. The molecule has 0 aromatic heterocycles. The number of nitrogens with zero attached hydrogens (tertiary/aromatic N) is 2. The first-order chi connectivity index (χ1) is 9.86. The van der Waals surface area contributed by atoms with Gasteiger partial charge in [-0.05, 0) is 12.1 Å². The van der Waals surface area contributed by atoms with Crippen LogP contribution in [0.2, 0.25) is 0 Å². The predicted molar refractivity (Wildman–Crippen MR) is 78.0 cm³/mol. The zero-order valence-corrected chi connectivity index (χ0v) is 13.2. The highest BCUT2D eigenvalue weighted by Gasteiger charge is 2.31. The van der Waals surface area contributed by atoms with Crippen molar-refractivity contribution in [2.45, 2.75) is 4.90 Å². The maximum atomic E-state index is 13.6. The number of amides is 1. The molecule has 1 aliphatic rings. The summed E-state index contributed by atoms with van der Waals surface area (Å²) in [5.41, 5.74) is 5.24. The molecule has 0 spiro atoms. The SMILES string of the molecule is Cl.NCC(=O)N1CCN(S(=O)(=O)c2ccc(F)cc2F)CC1. The second kappa shape index (κ2) is 7.32. The lowest BCUT2D eigenvalue weighted by molar-refractivity contribution is -0.130. The van der Waals surface area contributed by atoms with Gasteiger partial charge in [0.25, 0.3) is 0 Å². The zero-order valence-electron chi connectivity index (χ0n) is 11.5. The van der Waals surface area contributed by atoms with Gasteiger partial charge in [-0.15, -0.1) is 12.4 Å². The molecule has 2 rings (SSSR count). The summed E-state index contributed by atoms with van der Waals surface area (Å²) in [5, 5.41) is 0. The molecule has 1 heterocycles. The highest BCUT2D eigenvalue weighted by molar-refractivity contribution is 7.89. The second-order valence-electron chi connectivity index (χ2n) is 4.56. The van der Waals surface area contributed by atoms with Crippen molar-refractivity contribution in [3.63, 3.8) is 0 Å². The van der Waals surface area contributed by atoms with Crippen molar-refractivity contribution in [3.05, 3.63) is 29.8 Å². The number of halogens is 3. The van der Waals surface area contributed by atoms with Gasteiger partial charge in [-0.25, -0.2) is 17.2 Å². The molecule has 0 saturated carbocycles. The van der Waals surface area contributed by atoms with E-state index < -0.39 is 26.6 Å². The van der Waals surface area contributed by atoms with Crippen molar-refractivity contribution in [3.8, 4) is 0 Å². The van der Waals surface area contributed by atoms with E-state index in [9.17, 15) is 22.0 Å². The van der Waals surface area contributed by atoms with Crippen LogP contribution < -0.4 is 5.73 Å². The van der Waals surface area contributed by atoms with Crippen LogP contribution in [0.15, 0.2) is 23.1 Å². The molecule has 0 bridgehead atoms. The molecule has 1 aromatic carbocycles. The van der Waals surface area contributed by atoms with Gasteiger partial charge in [0.1, 0.15) is 16.5 Å². The normalized spacial score (nSPS) is 16.2. The lowest BCUT2D eigenvalue weighted by atomic mass is 10.3. The van der Waals surface area contributed by atoms with E-state index in [1.807, 2.05) is 0 Å². The van der Waals surface area contributed by atoms with Crippen molar-refractivity contribution in [2.75, 3.05) is 32.7 Å². The first kappa shape index (κ1) is 18.8. The minimum absolute atomic E-state index is 0. The highest BCUT2D eigenvalue weighted by atomic mass is 35.5. The van der Waals surface area contributed by atoms with Gasteiger partial charge in [-0.1, -0.05) is 0 Å². The quantitative estimate of drug-likeness (QED) is 0.838. The Labute approximate surface area is 133 Å². The lowest BCUT2D eigenvalue weighted by Crippen LogP contribution is -2.51. The number of benzene rings is 1. The summed E-state index contributed by atoms with van der Waals surface area (Å²) in [5.74, 6) is -2.24. The summed E-state index contributed by atoms with van der Waals surface area (Å²) < 4.78 is 52.2. The zero-order chi connectivity index (χ0) is 15.6. The van der Waals surface area contributed by atoms with Gasteiger partial charge in [-0.2, -0.15) is 4.31 Å². The molecule has 0 radical (unpaired) electrons. The van der Waals surface area contributed by atoms with Gasteiger partial charge >= 0.3 is 0 Å². The van der Waals surface area contributed by atoms with Crippen molar-refractivity contribution in [2.24, 2.45) is 5.73 Å². The van der Waals surface area contributed by atoms with E-state index in [2.05, 4.69) is 0 Å². The third-order valence-electron chi connectivity index (χ3n) is 3.28. The molecular formula is C12H16ClF2N3O3S. The van der Waals surface area contributed by atoms with Crippen molar-refractivity contribution in [1.29, 1.82) is 0 Å². The van der Waals surface area contributed by atoms with Crippen LogP contribution >= 0.6 is 12.4 Å². The molecule has 1 amide bonds. The molecule has 0 atom stereocenters. The molecule has 2 N–H and O–H groups in total. The van der Waals surface area contributed by atoms with E-state index in [1.54, 1.807) is 0 Å². The van der Waals surface area contributed by atoms with Crippen LogP contribution in [0.25, 0.3) is 0 Å². The van der Waals surface area contributed by atoms with Crippen LogP contribution in [0.3, 0.4) is 0 Å². The number of hydrogen-bond acceptors (Lipinski definition) is 4. The van der Waals surface area contributed by atoms with Crippen molar-refractivity contribution in [1.82, 2.24) is 9.21 Å². The monoisotopic (exact) mass is 355 g/mol. The molecular weight excluding hydrogens is 340 g/mol. The molecule has 22 heavy (non-hydrogen) atoms. The van der Waals surface area contributed by atoms with Crippen LogP contribution in [-0.2, 0) is 14.8 Å². The van der Waals surface area contributed by atoms with Crippen molar-refractivity contribution < 1.29 is 22.0 Å². The molecule has 1 saturated heterocycles. The first-order valence-corrected chi connectivity index (χ1v) is 7.73. The van der Waals surface area contributed by atoms with Gasteiger partial charge in [-0.3, -0.25) is 4.79 Å². The molecule has 10 heteroatoms. The van der Waals surface area contributed by atoms with Gasteiger partial charge in [0.05, 0.1) is 6.54 Å². The van der Waals surface area contributed by atoms with E-state index in [-0.39, 0.29) is 51.0 Å². The number of rotatable bonds is 3. The Morgan fingerprint density at radius 1 is 1.18 bits per heavy atom. The smallest absolute Gasteiger partial charge is 0.246 e. The maximum Gasteiger partial charge on any atom is 0.246 e. The number of carbonyl (C=O) groups excluding carboxylic acids is 1. The number of nitrogens with two attached hydrogens (primary N) is 1. The minimum atomic E-state index is -4.04. The third kappa shape index (κ3) is 3.72. The minimum Gasteiger partial charge on any atom is -0.339 e. The Hall–Kier alpha value is -1.29. The topological polar surface area (TPSA) is 83.7 Å². The number of sulfonamides is 1. The largest absolute Gasteiger partial charge is 0.339 e. The summed E-state index contributed by atoms with van der Waals surface area (Å²) in [7, 11) is -4.04. The molecule has 1 aromatic rings. The Kier molecular flexibility index (Phi) is 6.24. The maximum absolute atomic E-state index is 13.6. The Morgan fingerprint density at radius 2 is 1.77 bits per heavy atom. The van der Waals surface area contributed by atoms with Gasteiger partial charge in [0.2, 0.25) is 15.9 Å². The summed E-state index contributed by atoms with van der Waals surface area (Å²) in [6.07, 6.45) is 0. The van der Waals surface area contributed by atoms with E-state index in [1.165, 1.54) is 4.90 Å². The number of hydrogen-bond donors (Lipinski definition) is 1. The fourth-order valence-corrected chi connectivity index (χ4v) is 3.60. The van der Waals surface area contributed by atoms with Gasteiger partial charge < -0.3 is 10.6 Å². The van der Waals surface area contributed by atoms with Gasteiger partial charge in [0.15, 0.2) is 0 Å². The molecule has 0 unspecified atom stereocenters. The Morgan fingerprint density at radius 3 is 2.27 bits per heavy atom. The van der Waals surface area contributed by atoms with E-state index in [0.717, 1.165) is 16.4 Å². The van der Waals surface area contributed by atoms with Crippen LogP contribution in [0.4, 0.5) is 8.78 Å². The number of carbonyl (C=O) groups is 1. The predicted octanol–water partition coefficient (Wildman–Crippen LogP) is 0.178. The van der Waals surface area contributed by atoms with Crippen LogP contribution in [0.5, 0.6) is 0 Å². The second-order valence-corrected chi connectivity index (χ2v) is 6.47. The van der Waals surface area contributed by atoms with Crippen LogP contribution in [0, 0.1) is 11.6 Å².